The van der Waals surface area contributed by atoms with Gasteiger partial charge < -0.3 is 15.2 Å². The zero-order valence-corrected chi connectivity index (χ0v) is 19.4. The smallest absolute Gasteiger partial charge is 0.144 e. The molecule has 0 aliphatic carbocycles. The molecule has 1 atom stereocenters. The second-order valence-corrected chi connectivity index (χ2v) is 9.91. The monoisotopic (exact) mass is 483 g/mol. The standard InChI is InChI=1S/C22H24Cl2FN3O2S/c1-15(10-29)9-27-11-22(14-30-18-4-2-16(8-26)20(25)7-18)12-28(13-22)31-21-5-3-17(23)6-19(21)24/h2-7,15,27,29H,9-14H2,1H3. The average Bonchev–Trinajstić information content (AvgIpc) is 2.72. The average molecular weight is 484 g/mol. The Labute approximate surface area is 196 Å². The molecule has 5 nitrogen and oxygen atoms in total. The predicted molar refractivity (Wildman–Crippen MR) is 122 cm³/mol. The van der Waals surface area contributed by atoms with E-state index >= 15 is 0 Å². The molecule has 9 heteroatoms. The highest BCUT2D eigenvalue weighted by atomic mass is 35.5. The summed E-state index contributed by atoms with van der Waals surface area (Å²) in [6.07, 6.45) is 0. The fraction of sp³-hybridized carbons (Fsp3) is 0.409. The van der Waals surface area contributed by atoms with Crippen LogP contribution in [0.3, 0.4) is 0 Å². The Morgan fingerprint density at radius 1 is 1.32 bits per heavy atom. The van der Waals surface area contributed by atoms with Crippen LogP contribution < -0.4 is 10.1 Å². The van der Waals surface area contributed by atoms with Gasteiger partial charge in [-0.2, -0.15) is 5.26 Å². The largest absolute Gasteiger partial charge is 0.493 e. The Kier molecular flexibility index (Phi) is 8.45. The van der Waals surface area contributed by atoms with Crippen LogP contribution in [-0.2, 0) is 0 Å². The highest BCUT2D eigenvalue weighted by Gasteiger charge is 2.44. The number of ether oxygens (including phenoxy) is 1. The van der Waals surface area contributed by atoms with Crippen molar-refractivity contribution in [2.45, 2.75) is 11.8 Å². The molecule has 0 spiro atoms. The molecule has 1 heterocycles. The van der Waals surface area contributed by atoms with Crippen LogP contribution in [0.25, 0.3) is 0 Å². The van der Waals surface area contributed by atoms with E-state index in [4.69, 9.17) is 33.2 Å². The van der Waals surface area contributed by atoms with Gasteiger partial charge in [-0.05, 0) is 54.7 Å². The molecule has 3 rings (SSSR count). The van der Waals surface area contributed by atoms with Crippen LogP contribution in [0.15, 0.2) is 41.3 Å². The third kappa shape index (κ3) is 6.48. The molecule has 1 aliphatic rings. The highest BCUT2D eigenvalue weighted by molar-refractivity contribution is 7.97. The maximum Gasteiger partial charge on any atom is 0.144 e. The lowest BCUT2D eigenvalue weighted by Crippen LogP contribution is -2.60. The Hall–Kier alpha value is -1.53. The van der Waals surface area contributed by atoms with Crippen molar-refractivity contribution in [3.63, 3.8) is 0 Å². The van der Waals surface area contributed by atoms with Crippen molar-refractivity contribution in [3.8, 4) is 11.8 Å². The van der Waals surface area contributed by atoms with E-state index < -0.39 is 5.82 Å². The summed E-state index contributed by atoms with van der Waals surface area (Å²) in [5.74, 6) is -0.0393. The SMILES string of the molecule is CC(CO)CNCC1(COc2ccc(C#N)c(F)c2)CN(Sc2ccc(Cl)cc2Cl)C1. The van der Waals surface area contributed by atoms with Gasteiger partial charge in [-0.3, -0.25) is 0 Å². The Morgan fingerprint density at radius 3 is 2.74 bits per heavy atom. The van der Waals surface area contributed by atoms with Crippen LogP contribution in [0, 0.1) is 28.5 Å². The number of nitrogens with one attached hydrogen (secondary N) is 1. The number of benzene rings is 2. The Bertz CT molecular complexity index is 951. The first-order chi connectivity index (χ1) is 14.8. The summed E-state index contributed by atoms with van der Waals surface area (Å²) in [6.45, 7) is 5.37. The molecular weight excluding hydrogens is 460 g/mol. The maximum atomic E-state index is 13.9. The summed E-state index contributed by atoms with van der Waals surface area (Å²) in [4.78, 5) is 0.927. The first-order valence-electron chi connectivity index (χ1n) is 9.86. The molecule has 0 bridgehead atoms. The third-order valence-corrected chi connectivity index (χ3v) is 6.78. The molecular formula is C22H24Cl2FN3O2S. The molecule has 2 aromatic rings. The van der Waals surface area contributed by atoms with Gasteiger partial charge in [-0.25, -0.2) is 8.70 Å². The third-order valence-electron chi connectivity index (χ3n) is 5.06. The summed E-state index contributed by atoms with van der Waals surface area (Å²) in [5.41, 5.74) is -0.182. The van der Waals surface area contributed by atoms with Crippen molar-refractivity contribution in [3.05, 3.63) is 57.8 Å². The van der Waals surface area contributed by atoms with Gasteiger partial charge >= 0.3 is 0 Å². The normalized spacial score (nSPS) is 16.4. The lowest BCUT2D eigenvalue weighted by Gasteiger charge is -2.49. The fourth-order valence-corrected chi connectivity index (χ4v) is 5.01. The number of rotatable bonds is 10. The van der Waals surface area contributed by atoms with Crippen LogP contribution in [0.2, 0.25) is 10.0 Å². The van der Waals surface area contributed by atoms with Gasteiger partial charge in [-0.1, -0.05) is 30.1 Å². The van der Waals surface area contributed by atoms with E-state index in [0.29, 0.717) is 35.5 Å². The Morgan fingerprint density at radius 2 is 2.10 bits per heavy atom. The van der Waals surface area contributed by atoms with Crippen molar-refractivity contribution >= 4 is 35.1 Å². The zero-order chi connectivity index (χ0) is 22.4. The number of hydrogen-bond donors (Lipinski definition) is 2. The molecule has 31 heavy (non-hydrogen) atoms. The van der Waals surface area contributed by atoms with Crippen molar-refractivity contribution in [1.29, 1.82) is 5.26 Å². The van der Waals surface area contributed by atoms with Crippen LogP contribution in [-0.4, -0.2) is 48.8 Å². The zero-order valence-electron chi connectivity index (χ0n) is 17.1. The van der Waals surface area contributed by atoms with Gasteiger partial charge in [0, 0.05) is 47.6 Å². The van der Waals surface area contributed by atoms with Gasteiger partial charge in [0.25, 0.3) is 0 Å². The minimum atomic E-state index is -0.591. The second kappa shape index (κ2) is 10.9. The van der Waals surface area contributed by atoms with E-state index in [1.807, 2.05) is 25.1 Å². The van der Waals surface area contributed by atoms with Crippen molar-refractivity contribution in [2.75, 3.05) is 39.4 Å². The number of aliphatic hydroxyl groups is 1. The van der Waals surface area contributed by atoms with E-state index in [-0.39, 0.29) is 23.5 Å². The first-order valence-corrected chi connectivity index (χ1v) is 11.4. The summed E-state index contributed by atoms with van der Waals surface area (Å²) < 4.78 is 22.0. The van der Waals surface area contributed by atoms with Crippen LogP contribution in [0.5, 0.6) is 5.75 Å². The molecule has 2 aromatic carbocycles. The number of hydrogen-bond acceptors (Lipinski definition) is 6. The van der Waals surface area contributed by atoms with Crippen molar-refractivity contribution in [1.82, 2.24) is 9.62 Å². The van der Waals surface area contributed by atoms with E-state index in [0.717, 1.165) is 18.0 Å². The van der Waals surface area contributed by atoms with Crippen molar-refractivity contribution < 1.29 is 14.2 Å². The van der Waals surface area contributed by atoms with Crippen molar-refractivity contribution in [2.24, 2.45) is 11.3 Å². The quantitative estimate of drug-likeness (QED) is 0.480. The lowest BCUT2D eigenvalue weighted by atomic mass is 9.82. The molecule has 2 N–H and O–H groups in total. The van der Waals surface area contributed by atoms with Crippen LogP contribution in [0.1, 0.15) is 12.5 Å². The predicted octanol–water partition coefficient (Wildman–Crippen LogP) is 4.61. The molecule has 0 amide bonds. The Balaban J connectivity index is 1.62. The summed E-state index contributed by atoms with van der Waals surface area (Å²) in [5, 5.41) is 22.7. The second-order valence-electron chi connectivity index (χ2n) is 7.92. The molecule has 1 fully saturated rings. The molecule has 166 valence electrons. The molecule has 0 radical (unpaired) electrons. The fourth-order valence-electron chi connectivity index (χ4n) is 3.27. The number of halogens is 3. The van der Waals surface area contributed by atoms with E-state index in [2.05, 4.69) is 9.62 Å². The minimum Gasteiger partial charge on any atom is -0.493 e. The number of nitriles is 1. The molecule has 1 aliphatic heterocycles. The van der Waals surface area contributed by atoms with E-state index in [9.17, 15) is 9.50 Å². The lowest BCUT2D eigenvalue weighted by molar-refractivity contribution is 0.0246. The molecule has 1 unspecified atom stereocenters. The van der Waals surface area contributed by atoms with E-state index in [1.165, 1.54) is 12.1 Å². The van der Waals surface area contributed by atoms with Gasteiger partial charge in [0.15, 0.2) is 0 Å². The van der Waals surface area contributed by atoms with E-state index in [1.54, 1.807) is 24.1 Å². The number of aliphatic hydroxyl groups excluding tert-OH is 1. The van der Waals surface area contributed by atoms with Gasteiger partial charge in [0.05, 0.1) is 17.2 Å². The molecule has 1 saturated heterocycles. The topological polar surface area (TPSA) is 68.5 Å². The van der Waals surface area contributed by atoms with Crippen LogP contribution in [0.4, 0.5) is 4.39 Å². The maximum absolute atomic E-state index is 13.9. The van der Waals surface area contributed by atoms with Gasteiger partial charge in [-0.15, -0.1) is 0 Å². The van der Waals surface area contributed by atoms with Crippen LogP contribution >= 0.6 is 35.1 Å². The van der Waals surface area contributed by atoms with Gasteiger partial charge in [0.1, 0.15) is 17.6 Å². The molecule has 0 aromatic heterocycles. The van der Waals surface area contributed by atoms with Gasteiger partial charge in [0.2, 0.25) is 0 Å². The summed E-state index contributed by atoms with van der Waals surface area (Å²) in [7, 11) is 0. The number of nitrogens with zero attached hydrogens (tertiary/aromatic N) is 2. The minimum absolute atomic E-state index is 0.00668. The summed E-state index contributed by atoms with van der Waals surface area (Å²) in [6, 6.07) is 11.5. The first kappa shape index (κ1) is 24.1. The summed E-state index contributed by atoms with van der Waals surface area (Å²) >= 11 is 13.8. The highest BCUT2D eigenvalue weighted by Crippen LogP contribution is 2.41. The molecule has 0 saturated carbocycles.